The van der Waals surface area contributed by atoms with Gasteiger partial charge in [-0.3, -0.25) is 14.4 Å². The second-order valence-corrected chi connectivity index (χ2v) is 6.98. The zero-order valence-electron chi connectivity index (χ0n) is 15.1. The van der Waals surface area contributed by atoms with Crippen LogP contribution in [0.3, 0.4) is 0 Å². The lowest BCUT2D eigenvalue weighted by Gasteiger charge is -2.35. The first-order valence-electron chi connectivity index (χ1n) is 8.49. The molecule has 1 N–H and O–H groups in total. The Labute approximate surface area is 161 Å². The second kappa shape index (κ2) is 9.02. The number of benzene rings is 1. The molecule has 0 spiro atoms. The lowest BCUT2D eigenvalue weighted by atomic mass is 10.1. The first kappa shape index (κ1) is 20.2. The minimum absolute atomic E-state index is 0.182. The Balaban J connectivity index is 2.24. The van der Waals surface area contributed by atoms with Crippen molar-refractivity contribution in [1.29, 1.82) is 0 Å². The number of hydrogen-bond donors (Lipinski definition) is 1. The number of amides is 2. The summed E-state index contributed by atoms with van der Waals surface area (Å²) in [6.45, 7) is 4.33. The van der Waals surface area contributed by atoms with E-state index in [0.29, 0.717) is 30.8 Å². The standard InChI is InChI=1S/C18H23BrN2O5/c1-4-11(2)26-16(22)10-14-17(23)20-7-8-21(14)18(24)13-9-12(19)5-6-15(13)25-3/h5-6,9,11,14H,4,7-8,10H2,1-3H3,(H,20,23). The van der Waals surface area contributed by atoms with E-state index in [0.717, 1.165) is 4.47 Å². The van der Waals surface area contributed by atoms with Crippen LogP contribution < -0.4 is 10.1 Å². The third-order valence-corrected chi connectivity index (χ3v) is 4.74. The fraction of sp³-hybridized carbons (Fsp3) is 0.500. The molecule has 1 aliphatic rings. The highest BCUT2D eigenvalue weighted by atomic mass is 79.9. The summed E-state index contributed by atoms with van der Waals surface area (Å²) in [7, 11) is 1.48. The predicted octanol–water partition coefficient (Wildman–Crippen LogP) is 2.13. The zero-order valence-corrected chi connectivity index (χ0v) is 16.7. The number of rotatable bonds is 6. The first-order valence-corrected chi connectivity index (χ1v) is 9.28. The molecule has 2 unspecified atom stereocenters. The quantitative estimate of drug-likeness (QED) is 0.704. The van der Waals surface area contributed by atoms with Crippen molar-refractivity contribution in [2.24, 2.45) is 0 Å². The van der Waals surface area contributed by atoms with Crippen LogP contribution in [0.25, 0.3) is 0 Å². The van der Waals surface area contributed by atoms with Gasteiger partial charge in [0.25, 0.3) is 5.91 Å². The van der Waals surface area contributed by atoms with Gasteiger partial charge in [0, 0.05) is 17.6 Å². The predicted molar refractivity (Wildman–Crippen MR) is 99.0 cm³/mol. The van der Waals surface area contributed by atoms with Crippen molar-refractivity contribution in [2.75, 3.05) is 20.2 Å². The Hall–Kier alpha value is -2.09. The number of halogens is 1. The van der Waals surface area contributed by atoms with Gasteiger partial charge < -0.3 is 19.7 Å². The average Bonchev–Trinajstić information content (AvgIpc) is 2.62. The van der Waals surface area contributed by atoms with E-state index in [1.807, 2.05) is 6.92 Å². The molecule has 1 aliphatic heterocycles. The van der Waals surface area contributed by atoms with E-state index in [2.05, 4.69) is 21.2 Å². The average molecular weight is 427 g/mol. The summed E-state index contributed by atoms with van der Waals surface area (Å²) in [6.07, 6.45) is 0.266. The van der Waals surface area contributed by atoms with Gasteiger partial charge in [-0.1, -0.05) is 22.9 Å². The summed E-state index contributed by atoms with van der Waals surface area (Å²) in [5.74, 6) is -0.815. The first-order chi connectivity index (χ1) is 12.4. The van der Waals surface area contributed by atoms with Crippen LogP contribution in [0.2, 0.25) is 0 Å². The van der Waals surface area contributed by atoms with Gasteiger partial charge in [-0.05, 0) is 31.5 Å². The maximum Gasteiger partial charge on any atom is 0.308 e. The third-order valence-electron chi connectivity index (χ3n) is 4.25. The van der Waals surface area contributed by atoms with E-state index in [1.54, 1.807) is 25.1 Å². The molecule has 7 nitrogen and oxygen atoms in total. The molecule has 8 heteroatoms. The van der Waals surface area contributed by atoms with E-state index in [4.69, 9.17) is 9.47 Å². The number of nitrogens with one attached hydrogen (secondary N) is 1. The normalized spacial score (nSPS) is 18.1. The molecule has 1 saturated heterocycles. The molecule has 0 bridgehead atoms. The molecule has 0 radical (unpaired) electrons. The van der Waals surface area contributed by atoms with Gasteiger partial charge in [0.15, 0.2) is 0 Å². The van der Waals surface area contributed by atoms with Crippen molar-refractivity contribution in [1.82, 2.24) is 10.2 Å². The van der Waals surface area contributed by atoms with Crippen molar-refractivity contribution in [3.05, 3.63) is 28.2 Å². The molecule has 2 rings (SSSR count). The van der Waals surface area contributed by atoms with Crippen molar-refractivity contribution in [3.8, 4) is 5.75 Å². The summed E-state index contributed by atoms with van der Waals surface area (Å²) in [4.78, 5) is 38.9. The molecule has 1 aromatic carbocycles. The summed E-state index contributed by atoms with van der Waals surface area (Å²) >= 11 is 3.34. The molecule has 1 heterocycles. The van der Waals surface area contributed by atoms with Gasteiger partial charge in [0.1, 0.15) is 11.8 Å². The molecule has 26 heavy (non-hydrogen) atoms. The Morgan fingerprint density at radius 2 is 2.15 bits per heavy atom. The SMILES string of the molecule is CCC(C)OC(=O)CC1C(=O)NCCN1C(=O)c1cc(Br)ccc1OC. The third kappa shape index (κ3) is 4.75. The topological polar surface area (TPSA) is 84.9 Å². The van der Waals surface area contributed by atoms with E-state index in [1.165, 1.54) is 12.0 Å². The van der Waals surface area contributed by atoms with E-state index >= 15 is 0 Å². The Morgan fingerprint density at radius 1 is 1.42 bits per heavy atom. The summed E-state index contributed by atoms with van der Waals surface area (Å²) in [5, 5.41) is 2.70. The minimum Gasteiger partial charge on any atom is -0.496 e. The molecule has 2 atom stereocenters. The molecule has 1 aromatic rings. The van der Waals surface area contributed by atoms with Crippen molar-refractivity contribution >= 4 is 33.7 Å². The number of esters is 1. The lowest BCUT2D eigenvalue weighted by Crippen LogP contribution is -2.58. The van der Waals surface area contributed by atoms with E-state index < -0.39 is 12.0 Å². The second-order valence-electron chi connectivity index (χ2n) is 6.06. The van der Waals surface area contributed by atoms with Gasteiger partial charge in [-0.15, -0.1) is 0 Å². The molecule has 0 aliphatic carbocycles. The van der Waals surface area contributed by atoms with Crippen LogP contribution in [0.15, 0.2) is 22.7 Å². The monoisotopic (exact) mass is 426 g/mol. The van der Waals surface area contributed by atoms with Crippen molar-refractivity contribution < 1.29 is 23.9 Å². The van der Waals surface area contributed by atoms with Crippen molar-refractivity contribution in [3.63, 3.8) is 0 Å². The fourth-order valence-corrected chi connectivity index (χ4v) is 3.04. The summed E-state index contributed by atoms with van der Waals surface area (Å²) in [6, 6.07) is 4.17. The van der Waals surface area contributed by atoms with Crippen LogP contribution in [-0.4, -0.2) is 55.0 Å². The molecule has 0 saturated carbocycles. The van der Waals surface area contributed by atoms with Crippen molar-refractivity contribution in [2.45, 2.75) is 38.8 Å². The highest BCUT2D eigenvalue weighted by molar-refractivity contribution is 9.10. The molecule has 142 valence electrons. The molecular formula is C18H23BrN2O5. The highest BCUT2D eigenvalue weighted by Gasteiger charge is 2.36. The Morgan fingerprint density at radius 3 is 2.81 bits per heavy atom. The molecule has 2 amide bonds. The molecular weight excluding hydrogens is 404 g/mol. The number of nitrogens with zero attached hydrogens (tertiary/aromatic N) is 1. The highest BCUT2D eigenvalue weighted by Crippen LogP contribution is 2.26. The Bertz CT molecular complexity index is 694. The van der Waals surface area contributed by atoms with E-state index in [9.17, 15) is 14.4 Å². The molecule has 1 fully saturated rings. The van der Waals surface area contributed by atoms with Crippen LogP contribution in [-0.2, 0) is 14.3 Å². The number of carbonyl (C=O) groups is 3. The van der Waals surface area contributed by atoms with Gasteiger partial charge in [0.05, 0.1) is 25.2 Å². The van der Waals surface area contributed by atoms with Crippen LogP contribution in [0.1, 0.15) is 37.0 Å². The van der Waals surface area contributed by atoms with E-state index in [-0.39, 0.29) is 24.3 Å². The largest absolute Gasteiger partial charge is 0.496 e. The maximum absolute atomic E-state index is 13.0. The van der Waals surface area contributed by atoms with Crippen LogP contribution >= 0.6 is 15.9 Å². The number of piperazine rings is 1. The van der Waals surface area contributed by atoms with Gasteiger partial charge in [-0.25, -0.2) is 0 Å². The van der Waals surface area contributed by atoms with Gasteiger partial charge in [0.2, 0.25) is 5.91 Å². The minimum atomic E-state index is -0.906. The van der Waals surface area contributed by atoms with Crippen LogP contribution in [0.4, 0.5) is 0 Å². The number of ether oxygens (including phenoxy) is 2. The summed E-state index contributed by atoms with van der Waals surface area (Å²) < 4.78 is 11.2. The smallest absolute Gasteiger partial charge is 0.308 e. The zero-order chi connectivity index (χ0) is 19.3. The number of carbonyl (C=O) groups excluding carboxylic acids is 3. The summed E-state index contributed by atoms with van der Waals surface area (Å²) in [5.41, 5.74) is 0.330. The Kier molecular flexibility index (Phi) is 7.02. The van der Waals surface area contributed by atoms with Gasteiger partial charge in [-0.2, -0.15) is 0 Å². The number of hydrogen-bond acceptors (Lipinski definition) is 5. The van der Waals surface area contributed by atoms with Crippen LogP contribution in [0, 0.1) is 0 Å². The lowest BCUT2D eigenvalue weighted by molar-refractivity contribution is -0.151. The van der Waals surface area contributed by atoms with Gasteiger partial charge >= 0.3 is 5.97 Å². The maximum atomic E-state index is 13.0. The molecule has 0 aromatic heterocycles. The fourth-order valence-electron chi connectivity index (χ4n) is 2.68. The van der Waals surface area contributed by atoms with Crippen LogP contribution in [0.5, 0.6) is 5.75 Å². The number of methoxy groups -OCH3 is 1.